The molecule has 0 heterocycles. The van der Waals surface area contributed by atoms with Gasteiger partial charge < -0.3 is 5.11 Å². The van der Waals surface area contributed by atoms with Gasteiger partial charge in [0.1, 0.15) is 6.54 Å². The van der Waals surface area contributed by atoms with Crippen molar-refractivity contribution in [3.63, 3.8) is 0 Å². The molecule has 2 rings (SSSR count). The van der Waals surface area contributed by atoms with Gasteiger partial charge >= 0.3 is 5.97 Å². The average Bonchev–Trinajstić information content (AvgIpc) is 2.55. The van der Waals surface area contributed by atoms with E-state index in [-0.39, 0.29) is 4.90 Å². The van der Waals surface area contributed by atoms with Crippen LogP contribution in [0.25, 0.3) is 0 Å². The topological polar surface area (TPSA) is 74.7 Å². The van der Waals surface area contributed by atoms with E-state index in [4.69, 9.17) is 5.11 Å². The summed E-state index contributed by atoms with van der Waals surface area (Å²) >= 11 is 1.50. The molecule has 0 aliphatic heterocycles. The zero-order chi connectivity index (χ0) is 17.9. The quantitative estimate of drug-likeness (QED) is 0.795. The Morgan fingerprint density at radius 2 is 1.71 bits per heavy atom. The molecule has 0 bridgehead atoms. The summed E-state index contributed by atoms with van der Waals surface area (Å²) in [6, 6.07) is 11.5. The van der Waals surface area contributed by atoms with E-state index < -0.39 is 22.5 Å². The lowest BCUT2D eigenvalue weighted by Gasteiger charge is -2.23. The van der Waals surface area contributed by atoms with Crippen molar-refractivity contribution in [3.05, 3.63) is 53.6 Å². The van der Waals surface area contributed by atoms with Gasteiger partial charge in [-0.15, -0.1) is 11.8 Å². The molecule has 0 radical (unpaired) electrons. The largest absolute Gasteiger partial charge is 0.480 e. The number of nitrogens with zero attached hydrogens (tertiary/aromatic N) is 1. The summed E-state index contributed by atoms with van der Waals surface area (Å²) in [5.74, 6) is -1.21. The maximum Gasteiger partial charge on any atom is 0.324 e. The lowest BCUT2D eigenvalue weighted by Crippen LogP contribution is -2.35. The van der Waals surface area contributed by atoms with Gasteiger partial charge in [-0.3, -0.25) is 9.10 Å². The number of rotatable bonds is 6. The first-order chi connectivity index (χ1) is 11.3. The zero-order valence-corrected chi connectivity index (χ0v) is 15.3. The third-order valence-electron chi connectivity index (χ3n) is 3.70. The highest BCUT2D eigenvalue weighted by molar-refractivity contribution is 7.98. The smallest absolute Gasteiger partial charge is 0.324 e. The van der Waals surface area contributed by atoms with Crippen molar-refractivity contribution in [1.82, 2.24) is 0 Å². The number of hydrogen-bond donors (Lipinski definition) is 1. The highest BCUT2D eigenvalue weighted by atomic mass is 32.2. The fourth-order valence-corrected chi connectivity index (χ4v) is 4.01. The highest BCUT2D eigenvalue weighted by Crippen LogP contribution is 2.26. The van der Waals surface area contributed by atoms with Crippen molar-refractivity contribution in [2.75, 3.05) is 17.1 Å². The molecule has 0 amide bonds. The molecule has 5 nitrogen and oxygen atoms in total. The van der Waals surface area contributed by atoms with Crippen LogP contribution in [0.15, 0.2) is 52.3 Å². The van der Waals surface area contributed by atoms with Crippen LogP contribution in [0.4, 0.5) is 5.69 Å². The van der Waals surface area contributed by atoms with Crippen LogP contribution < -0.4 is 4.31 Å². The van der Waals surface area contributed by atoms with Crippen LogP contribution >= 0.6 is 11.8 Å². The third kappa shape index (κ3) is 3.91. The van der Waals surface area contributed by atoms with Crippen LogP contribution in [-0.2, 0) is 14.8 Å². The molecule has 2 aromatic carbocycles. The molecule has 2 aromatic rings. The second-order valence-electron chi connectivity index (χ2n) is 5.35. The van der Waals surface area contributed by atoms with Crippen LogP contribution in [0.3, 0.4) is 0 Å². The van der Waals surface area contributed by atoms with E-state index in [0.717, 1.165) is 20.3 Å². The molecular formula is C17H19NO4S2. The summed E-state index contributed by atoms with van der Waals surface area (Å²) in [7, 11) is -3.96. The predicted molar refractivity (Wildman–Crippen MR) is 96.3 cm³/mol. The van der Waals surface area contributed by atoms with Gasteiger partial charge in [0.25, 0.3) is 10.0 Å². The molecule has 0 saturated carbocycles. The van der Waals surface area contributed by atoms with Crippen molar-refractivity contribution in [1.29, 1.82) is 0 Å². The maximum atomic E-state index is 12.9. The van der Waals surface area contributed by atoms with Crippen molar-refractivity contribution < 1.29 is 18.3 Å². The Balaban J connectivity index is 2.52. The third-order valence-corrected chi connectivity index (χ3v) is 6.24. The number of aliphatic carboxylic acids is 1. The summed E-state index contributed by atoms with van der Waals surface area (Å²) in [6.07, 6.45) is 1.90. The monoisotopic (exact) mass is 365 g/mol. The molecule has 0 unspecified atom stereocenters. The first kappa shape index (κ1) is 18.4. The van der Waals surface area contributed by atoms with E-state index in [2.05, 4.69) is 0 Å². The number of carboxylic acids is 1. The Labute approximate surface area is 146 Å². The molecule has 1 N–H and O–H groups in total. The number of anilines is 1. The fraction of sp³-hybridized carbons (Fsp3) is 0.235. The summed E-state index contributed by atoms with van der Waals surface area (Å²) in [5.41, 5.74) is 2.25. The van der Waals surface area contributed by atoms with E-state index in [1.54, 1.807) is 30.3 Å². The average molecular weight is 365 g/mol. The van der Waals surface area contributed by atoms with E-state index in [9.17, 15) is 13.2 Å². The van der Waals surface area contributed by atoms with Crippen LogP contribution in [0.5, 0.6) is 0 Å². The number of carbonyl (C=O) groups is 1. The summed E-state index contributed by atoms with van der Waals surface area (Å²) in [6.45, 7) is 3.14. The number of hydrogen-bond acceptors (Lipinski definition) is 4. The molecule has 0 spiro atoms. The number of benzene rings is 2. The van der Waals surface area contributed by atoms with Crippen molar-refractivity contribution in [2.45, 2.75) is 23.6 Å². The van der Waals surface area contributed by atoms with Gasteiger partial charge in [0.05, 0.1) is 10.6 Å². The van der Waals surface area contributed by atoms with Gasteiger partial charge in [0.15, 0.2) is 0 Å². The van der Waals surface area contributed by atoms with E-state index >= 15 is 0 Å². The minimum Gasteiger partial charge on any atom is -0.480 e. The maximum absolute atomic E-state index is 12.9. The predicted octanol–water partition coefficient (Wildman–Crippen LogP) is 3.31. The Morgan fingerprint density at radius 1 is 1.08 bits per heavy atom. The van der Waals surface area contributed by atoms with Crippen LogP contribution in [0.2, 0.25) is 0 Å². The second-order valence-corrected chi connectivity index (χ2v) is 8.09. The van der Waals surface area contributed by atoms with Crippen LogP contribution in [0, 0.1) is 13.8 Å². The number of sulfonamides is 1. The van der Waals surface area contributed by atoms with E-state index in [0.29, 0.717) is 5.69 Å². The summed E-state index contributed by atoms with van der Waals surface area (Å²) in [5, 5.41) is 9.15. The minimum atomic E-state index is -3.96. The van der Waals surface area contributed by atoms with E-state index in [1.165, 1.54) is 23.9 Å². The normalized spacial score (nSPS) is 11.3. The first-order valence-electron chi connectivity index (χ1n) is 7.21. The SMILES string of the molecule is CSc1ccc(S(=O)(=O)N(CC(=O)O)c2ccc(C)c(C)c2)cc1. The molecule has 0 fully saturated rings. The van der Waals surface area contributed by atoms with Crippen molar-refractivity contribution in [2.24, 2.45) is 0 Å². The van der Waals surface area contributed by atoms with Crippen LogP contribution in [-0.4, -0.2) is 32.3 Å². The molecule has 0 atom stereocenters. The van der Waals surface area contributed by atoms with E-state index in [1.807, 2.05) is 20.1 Å². The highest BCUT2D eigenvalue weighted by Gasteiger charge is 2.27. The summed E-state index contributed by atoms with van der Waals surface area (Å²) in [4.78, 5) is 12.2. The van der Waals surface area contributed by atoms with Gasteiger partial charge in [-0.05, 0) is 67.6 Å². The molecule has 0 aliphatic rings. The number of thioether (sulfide) groups is 1. The standard InChI is InChI=1S/C17H19NO4S2/c1-12-4-5-14(10-13(12)2)18(11-17(19)20)24(21,22)16-8-6-15(23-3)7-9-16/h4-10H,11H2,1-3H3,(H,19,20). The molecule has 0 saturated heterocycles. The minimum absolute atomic E-state index is 0.0692. The Morgan fingerprint density at radius 3 is 2.21 bits per heavy atom. The van der Waals surface area contributed by atoms with Gasteiger partial charge in [0.2, 0.25) is 0 Å². The zero-order valence-electron chi connectivity index (χ0n) is 13.7. The molecule has 24 heavy (non-hydrogen) atoms. The number of aryl methyl sites for hydroxylation is 2. The Kier molecular flexibility index (Phi) is 5.56. The molecular weight excluding hydrogens is 346 g/mol. The van der Waals surface area contributed by atoms with Crippen molar-refractivity contribution >= 4 is 33.4 Å². The Hall–Kier alpha value is -1.99. The Bertz CT molecular complexity index is 845. The molecule has 7 heteroatoms. The van der Waals surface area contributed by atoms with Gasteiger partial charge in [-0.25, -0.2) is 8.42 Å². The molecule has 0 aromatic heterocycles. The lowest BCUT2D eigenvalue weighted by molar-refractivity contribution is -0.135. The van der Waals surface area contributed by atoms with Crippen LogP contribution in [0.1, 0.15) is 11.1 Å². The molecule has 0 aliphatic carbocycles. The van der Waals surface area contributed by atoms with Gasteiger partial charge in [-0.2, -0.15) is 0 Å². The molecule has 128 valence electrons. The lowest BCUT2D eigenvalue weighted by atomic mass is 10.1. The second kappa shape index (κ2) is 7.27. The first-order valence-corrected chi connectivity index (χ1v) is 9.88. The van der Waals surface area contributed by atoms with Gasteiger partial charge in [0, 0.05) is 4.90 Å². The van der Waals surface area contributed by atoms with Crippen molar-refractivity contribution in [3.8, 4) is 0 Å². The van der Waals surface area contributed by atoms with Gasteiger partial charge in [-0.1, -0.05) is 6.07 Å². The summed E-state index contributed by atoms with van der Waals surface area (Å²) < 4.78 is 26.8. The fourth-order valence-electron chi connectivity index (χ4n) is 2.19. The number of carboxylic acid groups (broad SMARTS) is 1.